The Labute approximate surface area is 124 Å². The van der Waals surface area contributed by atoms with Crippen molar-refractivity contribution in [3.63, 3.8) is 0 Å². The first-order valence-electron chi connectivity index (χ1n) is 6.22. The van der Waals surface area contributed by atoms with Crippen LogP contribution in [0.15, 0.2) is 41.3 Å². The number of anilines is 2. The number of hydrogen-bond donors (Lipinski definition) is 2. The highest BCUT2D eigenvalue weighted by Gasteiger charge is 2.16. The number of nitrogens with zero attached hydrogens (tertiary/aromatic N) is 1. The summed E-state index contributed by atoms with van der Waals surface area (Å²) in [7, 11) is -3.75. The second-order valence-corrected chi connectivity index (χ2v) is 6.51. The number of hydrogen-bond acceptors (Lipinski definition) is 4. The number of nitrogen functional groups attached to an aromatic ring is 1. The number of sulfonamides is 1. The molecule has 6 heteroatoms. The van der Waals surface area contributed by atoms with Crippen molar-refractivity contribution in [2.24, 2.45) is 0 Å². The molecule has 0 fully saturated rings. The van der Waals surface area contributed by atoms with Crippen molar-refractivity contribution in [3.8, 4) is 6.07 Å². The van der Waals surface area contributed by atoms with E-state index in [1.807, 2.05) is 6.07 Å². The van der Waals surface area contributed by atoms with Crippen molar-refractivity contribution in [2.75, 3.05) is 10.5 Å². The van der Waals surface area contributed by atoms with Crippen LogP contribution in [0.3, 0.4) is 0 Å². The van der Waals surface area contributed by atoms with E-state index in [1.165, 1.54) is 12.1 Å². The molecule has 0 aliphatic rings. The maximum Gasteiger partial charge on any atom is 0.261 e. The quantitative estimate of drug-likeness (QED) is 0.851. The Morgan fingerprint density at radius 3 is 2.48 bits per heavy atom. The number of nitrogens with two attached hydrogens (primary N) is 1. The monoisotopic (exact) mass is 301 g/mol. The number of rotatable bonds is 3. The molecule has 0 radical (unpaired) electrons. The molecule has 0 unspecified atom stereocenters. The van der Waals surface area contributed by atoms with Crippen LogP contribution in [-0.2, 0) is 10.0 Å². The van der Waals surface area contributed by atoms with Crippen molar-refractivity contribution in [1.82, 2.24) is 0 Å². The van der Waals surface area contributed by atoms with Crippen molar-refractivity contribution >= 4 is 21.4 Å². The van der Waals surface area contributed by atoms with E-state index in [0.717, 1.165) is 11.1 Å². The van der Waals surface area contributed by atoms with Gasteiger partial charge >= 0.3 is 0 Å². The summed E-state index contributed by atoms with van der Waals surface area (Å²) < 4.78 is 27.3. The Bertz CT molecular complexity index is 816. The number of aryl methyl sites for hydroxylation is 2. The molecule has 2 rings (SSSR count). The first-order chi connectivity index (χ1) is 9.81. The normalized spacial score (nSPS) is 10.9. The fourth-order valence-electron chi connectivity index (χ4n) is 1.94. The Hall–Kier alpha value is -2.52. The van der Waals surface area contributed by atoms with Gasteiger partial charge in [0, 0.05) is 5.69 Å². The van der Waals surface area contributed by atoms with Crippen LogP contribution >= 0.6 is 0 Å². The molecule has 2 aromatic rings. The van der Waals surface area contributed by atoms with Crippen LogP contribution in [0.5, 0.6) is 0 Å². The molecule has 3 N–H and O–H groups in total. The van der Waals surface area contributed by atoms with Gasteiger partial charge in [0.15, 0.2) is 0 Å². The van der Waals surface area contributed by atoms with E-state index in [1.54, 1.807) is 38.1 Å². The summed E-state index contributed by atoms with van der Waals surface area (Å²) in [5.74, 6) is 0. The van der Waals surface area contributed by atoms with Gasteiger partial charge in [-0.1, -0.05) is 6.07 Å². The zero-order valence-electron chi connectivity index (χ0n) is 11.7. The molecular formula is C15H15N3O2S. The van der Waals surface area contributed by atoms with Crippen LogP contribution in [0.1, 0.15) is 16.7 Å². The average molecular weight is 301 g/mol. The molecule has 2 aromatic carbocycles. The summed E-state index contributed by atoms with van der Waals surface area (Å²) in [5, 5.41) is 8.90. The summed E-state index contributed by atoms with van der Waals surface area (Å²) in [5.41, 5.74) is 8.35. The molecule has 0 aliphatic carbocycles. The summed E-state index contributed by atoms with van der Waals surface area (Å²) >= 11 is 0. The lowest BCUT2D eigenvalue weighted by Gasteiger charge is -2.12. The van der Waals surface area contributed by atoms with E-state index in [-0.39, 0.29) is 4.90 Å². The minimum atomic E-state index is -3.75. The van der Waals surface area contributed by atoms with Crippen LogP contribution in [0.4, 0.5) is 11.4 Å². The van der Waals surface area contributed by atoms with E-state index in [0.29, 0.717) is 16.9 Å². The number of nitrogens with one attached hydrogen (secondary N) is 1. The highest BCUT2D eigenvalue weighted by Crippen LogP contribution is 2.23. The first-order valence-corrected chi connectivity index (χ1v) is 7.71. The van der Waals surface area contributed by atoms with Crippen LogP contribution in [0.2, 0.25) is 0 Å². The topological polar surface area (TPSA) is 96.0 Å². The molecular weight excluding hydrogens is 286 g/mol. The molecule has 0 atom stereocenters. The molecule has 5 nitrogen and oxygen atoms in total. The fourth-order valence-corrected chi connectivity index (χ4v) is 3.20. The van der Waals surface area contributed by atoms with E-state index in [4.69, 9.17) is 11.0 Å². The van der Waals surface area contributed by atoms with Gasteiger partial charge < -0.3 is 5.73 Å². The van der Waals surface area contributed by atoms with Gasteiger partial charge in [0.2, 0.25) is 0 Å². The summed E-state index contributed by atoms with van der Waals surface area (Å²) in [4.78, 5) is 0.0989. The molecule has 0 bridgehead atoms. The average Bonchev–Trinajstić information content (AvgIpc) is 2.40. The van der Waals surface area contributed by atoms with Gasteiger partial charge in [0.1, 0.15) is 0 Å². The Balaban J connectivity index is 2.44. The Kier molecular flexibility index (Phi) is 3.87. The smallest absolute Gasteiger partial charge is 0.261 e. The predicted octanol–water partition coefficient (Wildman–Crippen LogP) is 2.56. The largest absolute Gasteiger partial charge is 0.399 e. The molecule has 0 spiro atoms. The molecule has 108 valence electrons. The van der Waals surface area contributed by atoms with Crippen LogP contribution in [0.25, 0.3) is 0 Å². The minimum absolute atomic E-state index is 0.0989. The molecule has 0 heterocycles. The molecule has 0 amide bonds. The van der Waals surface area contributed by atoms with Crippen LogP contribution < -0.4 is 10.5 Å². The lowest BCUT2D eigenvalue weighted by Crippen LogP contribution is -2.14. The van der Waals surface area contributed by atoms with Gasteiger partial charge in [-0.2, -0.15) is 5.26 Å². The lowest BCUT2D eigenvalue weighted by molar-refractivity contribution is 0.601. The number of nitriles is 1. The second kappa shape index (κ2) is 5.46. The zero-order chi connectivity index (χ0) is 15.6. The van der Waals surface area contributed by atoms with Crippen molar-refractivity contribution < 1.29 is 8.42 Å². The van der Waals surface area contributed by atoms with Gasteiger partial charge in [-0.3, -0.25) is 4.72 Å². The molecule has 0 aromatic heterocycles. The molecule has 0 aliphatic heterocycles. The third-order valence-corrected chi connectivity index (χ3v) is 4.34. The lowest BCUT2D eigenvalue weighted by atomic mass is 10.1. The SMILES string of the molecule is Cc1cc(N)cc(S(=O)(=O)Nc2cc(C#N)ccc2C)c1. The third kappa shape index (κ3) is 3.33. The predicted molar refractivity (Wildman–Crippen MR) is 82.3 cm³/mol. The minimum Gasteiger partial charge on any atom is -0.399 e. The summed E-state index contributed by atoms with van der Waals surface area (Å²) in [6.07, 6.45) is 0. The summed E-state index contributed by atoms with van der Waals surface area (Å²) in [6.45, 7) is 3.54. The van der Waals surface area contributed by atoms with E-state index < -0.39 is 10.0 Å². The Morgan fingerprint density at radius 2 is 1.86 bits per heavy atom. The highest BCUT2D eigenvalue weighted by atomic mass is 32.2. The van der Waals surface area contributed by atoms with Crippen molar-refractivity contribution in [2.45, 2.75) is 18.7 Å². The van der Waals surface area contributed by atoms with E-state index in [2.05, 4.69) is 4.72 Å². The first kappa shape index (κ1) is 14.9. The van der Waals surface area contributed by atoms with Gasteiger partial charge in [0.05, 0.1) is 22.2 Å². The van der Waals surface area contributed by atoms with Crippen molar-refractivity contribution in [1.29, 1.82) is 5.26 Å². The highest BCUT2D eigenvalue weighted by molar-refractivity contribution is 7.92. The van der Waals surface area contributed by atoms with Gasteiger partial charge in [-0.25, -0.2) is 8.42 Å². The van der Waals surface area contributed by atoms with Gasteiger partial charge in [-0.15, -0.1) is 0 Å². The third-order valence-electron chi connectivity index (χ3n) is 2.99. The van der Waals surface area contributed by atoms with Gasteiger partial charge in [0.25, 0.3) is 10.0 Å². The second-order valence-electron chi connectivity index (χ2n) is 4.83. The van der Waals surface area contributed by atoms with E-state index >= 15 is 0 Å². The fraction of sp³-hybridized carbons (Fsp3) is 0.133. The maximum absolute atomic E-state index is 12.4. The van der Waals surface area contributed by atoms with Crippen LogP contribution in [0, 0.1) is 25.2 Å². The van der Waals surface area contributed by atoms with E-state index in [9.17, 15) is 8.42 Å². The molecule has 0 saturated heterocycles. The number of benzene rings is 2. The van der Waals surface area contributed by atoms with Crippen LogP contribution in [-0.4, -0.2) is 8.42 Å². The summed E-state index contributed by atoms with van der Waals surface area (Å²) in [6, 6.07) is 11.5. The standard InChI is InChI=1S/C15H15N3O2S/c1-10-5-13(17)8-14(6-10)21(19,20)18-15-7-12(9-16)4-3-11(15)2/h3-8,18H,17H2,1-2H3. The van der Waals surface area contributed by atoms with Crippen molar-refractivity contribution in [3.05, 3.63) is 53.1 Å². The maximum atomic E-state index is 12.4. The Morgan fingerprint density at radius 1 is 1.14 bits per heavy atom. The zero-order valence-corrected chi connectivity index (χ0v) is 12.5. The molecule has 0 saturated carbocycles. The van der Waals surface area contributed by atoms with Gasteiger partial charge in [-0.05, 0) is 55.3 Å². The molecule has 21 heavy (non-hydrogen) atoms.